The Kier molecular flexibility index (Phi) is 6.66. The summed E-state index contributed by atoms with van der Waals surface area (Å²) < 4.78 is 17.7. The second-order valence-electron chi connectivity index (χ2n) is 6.53. The molecule has 1 aliphatic carbocycles. The Bertz CT molecular complexity index is 897. The zero-order valence-electron chi connectivity index (χ0n) is 15.6. The lowest BCUT2D eigenvalue weighted by atomic mass is 9.87. The zero-order chi connectivity index (χ0) is 20.8. The number of guanidine groups is 1. The monoisotopic (exact) mass is 418 g/mol. The molecule has 2 aromatic rings. The van der Waals surface area contributed by atoms with E-state index in [9.17, 15) is 14.0 Å². The number of benzene rings is 2. The maximum atomic E-state index is 13.2. The number of nitrogens with zero attached hydrogens (tertiary/aromatic N) is 1. The van der Waals surface area contributed by atoms with Crippen LogP contribution < -0.4 is 16.0 Å². The average Bonchev–Trinajstić information content (AvgIpc) is 2.68. The largest absolute Gasteiger partial charge is 0.453 e. The third-order valence-corrected chi connectivity index (χ3v) is 4.63. The van der Waals surface area contributed by atoms with Crippen LogP contribution in [-0.2, 0) is 4.74 Å². The number of hydrogen-bond acceptors (Lipinski definition) is 4. The van der Waals surface area contributed by atoms with Crippen LogP contribution in [0.15, 0.2) is 53.5 Å². The van der Waals surface area contributed by atoms with Gasteiger partial charge in [-0.25, -0.2) is 14.2 Å². The lowest BCUT2D eigenvalue weighted by molar-refractivity contribution is 0.0976. The highest BCUT2D eigenvalue weighted by atomic mass is 35.5. The lowest BCUT2D eigenvalue weighted by Crippen LogP contribution is -2.47. The smallest absolute Gasteiger partial charge is 0.407 e. The highest BCUT2D eigenvalue weighted by molar-refractivity contribution is 6.30. The van der Waals surface area contributed by atoms with E-state index in [1.807, 2.05) is 0 Å². The van der Waals surface area contributed by atoms with E-state index in [0.29, 0.717) is 29.1 Å². The van der Waals surface area contributed by atoms with Crippen molar-refractivity contribution in [3.05, 3.63) is 64.9 Å². The second-order valence-corrected chi connectivity index (χ2v) is 6.97. The predicted octanol–water partition coefficient (Wildman–Crippen LogP) is 3.56. The molecule has 0 bridgehead atoms. The van der Waals surface area contributed by atoms with Crippen molar-refractivity contribution in [2.24, 2.45) is 4.99 Å². The molecule has 0 aromatic heterocycles. The van der Waals surface area contributed by atoms with Crippen molar-refractivity contribution < 1.29 is 18.7 Å². The second kappa shape index (κ2) is 9.38. The summed E-state index contributed by atoms with van der Waals surface area (Å²) in [6, 6.07) is 12.0. The fourth-order valence-electron chi connectivity index (χ4n) is 2.77. The Morgan fingerprint density at radius 1 is 1.10 bits per heavy atom. The SMILES string of the molecule is COC(=O)NC1CC(N=C(NC(=O)c2ccc(Cl)cc2)Nc2ccc(F)cc2)C1. The number of carbonyl (C=O) groups is 2. The van der Waals surface area contributed by atoms with E-state index in [2.05, 4.69) is 25.7 Å². The number of carbonyl (C=O) groups excluding carboxylic acids is 2. The van der Waals surface area contributed by atoms with Gasteiger partial charge in [-0.2, -0.15) is 0 Å². The molecule has 0 unspecified atom stereocenters. The van der Waals surface area contributed by atoms with E-state index in [4.69, 9.17) is 11.6 Å². The molecule has 0 aliphatic heterocycles. The fourth-order valence-corrected chi connectivity index (χ4v) is 2.89. The Morgan fingerprint density at radius 3 is 2.38 bits per heavy atom. The first-order chi connectivity index (χ1) is 13.9. The van der Waals surface area contributed by atoms with Gasteiger partial charge in [-0.1, -0.05) is 11.6 Å². The molecule has 0 saturated heterocycles. The molecule has 0 heterocycles. The maximum absolute atomic E-state index is 13.2. The van der Waals surface area contributed by atoms with E-state index in [0.717, 1.165) is 0 Å². The van der Waals surface area contributed by atoms with Gasteiger partial charge in [-0.15, -0.1) is 0 Å². The standard InChI is InChI=1S/C20H20ClFN4O3/c1-29-20(28)25-17-10-16(11-17)24-19(23-15-8-6-14(22)7-9-15)26-18(27)12-2-4-13(21)5-3-12/h2-9,16-17H,10-11H2,1H3,(H,25,28)(H2,23,24,26,27). The van der Waals surface area contributed by atoms with Crippen LogP contribution in [0, 0.1) is 5.82 Å². The number of halogens is 2. The van der Waals surface area contributed by atoms with Gasteiger partial charge in [0.05, 0.1) is 13.2 Å². The van der Waals surface area contributed by atoms with Gasteiger partial charge in [0, 0.05) is 22.3 Å². The molecule has 0 spiro atoms. The molecular weight excluding hydrogens is 399 g/mol. The first-order valence-corrected chi connectivity index (χ1v) is 9.32. The predicted molar refractivity (Wildman–Crippen MR) is 109 cm³/mol. The summed E-state index contributed by atoms with van der Waals surface area (Å²) in [6.45, 7) is 0. The Hall–Kier alpha value is -3.13. The van der Waals surface area contributed by atoms with Gasteiger partial charge in [0.15, 0.2) is 0 Å². The Balaban J connectivity index is 1.69. The number of alkyl carbamates (subject to hydrolysis) is 1. The van der Waals surface area contributed by atoms with Gasteiger partial charge >= 0.3 is 6.09 Å². The van der Waals surface area contributed by atoms with Crippen LogP contribution in [0.5, 0.6) is 0 Å². The molecule has 3 N–H and O–H groups in total. The maximum Gasteiger partial charge on any atom is 0.407 e. The van der Waals surface area contributed by atoms with Crippen molar-refractivity contribution in [2.45, 2.75) is 24.9 Å². The summed E-state index contributed by atoms with van der Waals surface area (Å²) in [5, 5.41) is 8.96. The summed E-state index contributed by atoms with van der Waals surface area (Å²) in [4.78, 5) is 28.3. The van der Waals surface area contributed by atoms with E-state index >= 15 is 0 Å². The number of methoxy groups -OCH3 is 1. The average molecular weight is 419 g/mol. The first-order valence-electron chi connectivity index (χ1n) is 8.94. The Labute approximate surface area is 172 Å². The number of hydrogen-bond donors (Lipinski definition) is 3. The van der Waals surface area contributed by atoms with Crippen LogP contribution in [0.1, 0.15) is 23.2 Å². The molecule has 1 fully saturated rings. The highest BCUT2D eigenvalue weighted by Gasteiger charge is 2.31. The molecule has 9 heteroatoms. The van der Waals surface area contributed by atoms with Gasteiger partial charge in [-0.05, 0) is 61.4 Å². The topological polar surface area (TPSA) is 91.8 Å². The van der Waals surface area contributed by atoms with Crippen LogP contribution in [0.25, 0.3) is 0 Å². The molecule has 1 saturated carbocycles. The minimum Gasteiger partial charge on any atom is -0.453 e. The minimum atomic E-state index is -0.488. The number of amides is 2. The van der Waals surface area contributed by atoms with Crippen LogP contribution in [0.4, 0.5) is 14.9 Å². The van der Waals surface area contributed by atoms with Crippen LogP contribution >= 0.6 is 11.6 Å². The van der Waals surface area contributed by atoms with Gasteiger partial charge in [-0.3, -0.25) is 10.1 Å². The molecule has 7 nitrogen and oxygen atoms in total. The van der Waals surface area contributed by atoms with Crippen molar-refractivity contribution in [3.63, 3.8) is 0 Å². The molecule has 0 atom stereocenters. The molecule has 2 amide bonds. The number of ether oxygens (including phenoxy) is 1. The van der Waals surface area contributed by atoms with Crippen LogP contribution in [-0.4, -0.2) is 37.2 Å². The number of aliphatic imine (C=N–C) groups is 1. The summed E-state index contributed by atoms with van der Waals surface area (Å²) in [7, 11) is 1.31. The summed E-state index contributed by atoms with van der Waals surface area (Å²) in [6.07, 6.45) is 0.735. The number of nitrogens with one attached hydrogen (secondary N) is 3. The van der Waals surface area contributed by atoms with Crippen molar-refractivity contribution in [1.29, 1.82) is 0 Å². The highest BCUT2D eigenvalue weighted by Crippen LogP contribution is 2.24. The zero-order valence-corrected chi connectivity index (χ0v) is 16.4. The molecule has 29 heavy (non-hydrogen) atoms. The summed E-state index contributed by atoms with van der Waals surface area (Å²) in [5.41, 5.74) is 0.993. The van der Waals surface area contributed by atoms with E-state index in [1.54, 1.807) is 36.4 Å². The Morgan fingerprint density at radius 2 is 1.76 bits per heavy atom. The van der Waals surface area contributed by atoms with Crippen molar-refractivity contribution in [2.75, 3.05) is 12.4 Å². The first kappa shape index (κ1) is 20.6. The third-order valence-electron chi connectivity index (χ3n) is 4.38. The molecule has 152 valence electrons. The van der Waals surface area contributed by atoms with Gasteiger partial charge < -0.3 is 15.4 Å². The minimum absolute atomic E-state index is 0.0322. The molecule has 2 aromatic carbocycles. The van der Waals surface area contributed by atoms with Crippen LogP contribution in [0.2, 0.25) is 5.02 Å². The number of rotatable bonds is 4. The summed E-state index contributed by atoms with van der Waals surface area (Å²) >= 11 is 5.86. The molecule has 3 rings (SSSR count). The molecular formula is C20H20ClFN4O3. The van der Waals surface area contributed by atoms with Gasteiger partial charge in [0.25, 0.3) is 5.91 Å². The number of anilines is 1. The van der Waals surface area contributed by atoms with Crippen LogP contribution in [0.3, 0.4) is 0 Å². The quantitative estimate of drug-likeness (QED) is 0.523. The lowest BCUT2D eigenvalue weighted by Gasteiger charge is -2.33. The van der Waals surface area contributed by atoms with Gasteiger partial charge in [0.2, 0.25) is 5.96 Å². The van der Waals surface area contributed by atoms with E-state index in [1.165, 1.54) is 19.2 Å². The van der Waals surface area contributed by atoms with Crippen molar-refractivity contribution in [3.8, 4) is 0 Å². The fraction of sp³-hybridized carbons (Fsp3) is 0.250. The summed E-state index contributed by atoms with van der Waals surface area (Å²) in [5.74, 6) is -0.494. The van der Waals surface area contributed by atoms with Crippen molar-refractivity contribution in [1.82, 2.24) is 10.6 Å². The van der Waals surface area contributed by atoms with Crippen molar-refractivity contribution >= 4 is 35.2 Å². The van der Waals surface area contributed by atoms with E-state index in [-0.39, 0.29) is 29.8 Å². The normalized spacial score (nSPS) is 18.4. The third kappa shape index (κ3) is 5.92. The van der Waals surface area contributed by atoms with Gasteiger partial charge in [0.1, 0.15) is 5.82 Å². The molecule has 1 aliphatic rings. The van der Waals surface area contributed by atoms with E-state index < -0.39 is 6.09 Å². The molecule has 0 radical (unpaired) electrons.